The lowest BCUT2D eigenvalue weighted by Gasteiger charge is -2.11. The fourth-order valence-corrected chi connectivity index (χ4v) is 4.23. The van der Waals surface area contributed by atoms with E-state index in [2.05, 4.69) is 10.6 Å². The molecule has 32 heavy (non-hydrogen) atoms. The zero-order valence-corrected chi connectivity index (χ0v) is 18.3. The second kappa shape index (κ2) is 9.94. The molecule has 0 spiro atoms. The van der Waals surface area contributed by atoms with Gasteiger partial charge in [0.2, 0.25) is 0 Å². The van der Waals surface area contributed by atoms with Gasteiger partial charge in [-0.1, -0.05) is 48.5 Å². The van der Waals surface area contributed by atoms with Crippen LogP contribution in [0.4, 0.5) is 10.7 Å². The molecule has 3 aromatic carbocycles. The first kappa shape index (κ1) is 21.3. The molecule has 0 aliphatic rings. The van der Waals surface area contributed by atoms with Gasteiger partial charge in [-0.2, -0.15) is 0 Å². The number of nitrogens with one attached hydrogen (secondary N) is 2. The van der Waals surface area contributed by atoms with Gasteiger partial charge in [0, 0.05) is 22.2 Å². The monoisotopic (exact) mass is 442 g/mol. The van der Waals surface area contributed by atoms with Crippen LogP contribution in [0.3, 0.4) is 0 Å². The van der Waals surface area contributed by atoms with Crippen LogP contribution in [0.2, 0.25) is 0 Å². The maximum atomic E-state index is 13.3. The van der Waals surface area contributed by atoms with Gasteiger partial charge in [-0.3, -0.25) is 9.59 Å². The molecule has 0 saturated heterocycles. The molecule has 160 valence electrons. The Labute approximate surface area is 190 Å². The maximum Gasteiger partial charge on any atom is 0.259 e. The van der Waals surface area contributed by atoms with Crippen molar-refractivity contribution in [3.8, 4) is 16.9 Å². The van der Waals surface area contributed by atoms with Crippen LogP contribution in [-0.2, 0) is 0 Å². The topological polar surface area (TPSA) is 67.4 Å². The molecule has 0 bridgehead atoms. The molecule has 2 amide bonds. The summed E-state index contributed by atoms with van der Waals surface area (Å²) in [6.07, 6.45) is 0. The summed E-state index contributed by atoms with van der Waals surface area (Å²) in [5, 5.41) is 8.24. The molecule has 0 fully saturated rings. The molecule has 6 heteroatoms. The minimum absolute atomic E-state index is 0.262. The van der Waals surface area contributed by atoms with E-state index in [4.69, 9.17) is 4.74 Å². The first-order chi connectivity index (χ1) is 15.7. The van der Waals surface area contributed by atoms with Crippen LogP contribution < -0.4 is 15.4 Å². The van der Waals surface area contributed by atoms with Crippen LogP contribution in [0.5, 0.6) is 5.75 Å². The third-order valence-electron chi connectivity index (χ3n) is 4.79. The van der Waals surface area contributed by atoms with Crippen molar-refractivity contribution in [3.63, 3.8) is 0 Å². The van der Waals surface area contributed by atoms with E-state index in [1.165, 1.54) is 11.3 Å². The van der Waals surface area contributed by atoms with Gasteiger partial charge in [-0.05, 0) is 48.9 Å². The number of rotatable bonds is 7. The second-order valence-electron chi connectivity index (χ2n) is 6.95. The highest BCUT2D eigenvalue weighted by atomic mass is 32.1. The molecule has 0 atom stereocenters. The molecular weight excluding hydrogens is 420 g/mol. The predicted octanol–water partition coefficient (Wildman–Crippen LogP) is 6.32. The number of ether oxygens (including phenoxy) is 1. The van der Waals surface area contributed by atoms with Gasteiger partial charge in [-0.25, -0.2) is 0 Å². The fraction of sp³-hybridized carbons (Fsp3) is 0.0769. The summed E-state index contributed by atoms with van der Waals surface area (Å²) in [5.74, 6) is 0.182. The summed E-state index contributed by atoms with van der Waals surface area (Å²) in [4.78, 5) is 26.1. The first-order valence-electron chi connectivity index (χ1n) is 10.2. The van der Waals surface area contributed by atoms with E-state index in [1.807, 2.05) is 60.8 Å². The van der Waals surface area contributed by atoms with Crippen LogP contribution in [0, 0.1) is 0 Å². The van der Waals surface area contributed by atoms with Crippen molar-refractivity contribution in [3.05, 3.63) is 101 Å². The molecule has 1 heterocycles. The van der Waals surface area contributed by atoms with E-state index in [9.17, 15) is 9.59 Å². The smallest absolute Gasteiger partial charge is 0.259 e. The Morgan fingerprint density at radius 3 is 2.12 bits per heavy atom. The van der Waals surface area contributed by atoms with Gasteiger partial charge in [0.05, 0.1) is 12.2 Å². The van der Waals surface area contributed by atoms with Gasteiger partial charge in [0.15, 0.2) is 0 Å². The Morgan fingerprint density at radius 1 is 0.812 bits per heavy atom. The van der Waals surface area contributed by atoms with Crippen molar-refractivity contribution in [2.24, 2.45) is 0 Å². The maximum absolute atomic E-state index is 13.3. The van der Waals surface area contributed by atoms with Crippen molar-refractivity contribution in [1.29, 1.82) is 0 Å². The first-order valence-corrected chi connectivity index (χ1v) is 11.1. The van der Waals surface area contributed by atoms with Gasteiger partial charge in [0.1, 0.15) is 10.8 Å². The van der Waals surface area contributed by atoms with E-state index in [-0.39, 0.29) is 11.8 Å². The van der Waals surface area contributed by atoms with Gasteiger partial charge in [-0.15, -0.1) is 11.3 Å². The van der Waals surface area contributed by atoms with Gasteiger partial charge >= 0.3 is 0 Å². The quantitative estimate of drug-likeness (QED) is 0.352. The lowest BCUT2D eigenvalue weighted by atomic mass is 10.0. The van der Waals surface area contributed by atoms with Gasteiger partial charge < -0.3 is 15.4 Å². The Morgan fingerprint density at radius 2 is 1.47 bits per heavy atom. The molecular formula is C26H22N2O3S. The number of amides is 2. The standard InChI is InChI=1S/C26H22N2O3S/c1-2-31-21-15-13-20(14-16-21)27-25(30)23-22(18-9-5-3-6-10-18)17-32-26(23)28-24(29)19-11-7-4-8-12-19/h3-17H,2H2,1H3,(H,27,30)(H,28,29). The molecule has 0 aliphatic heterocycles. The van der Waals surface area contributed by atoms with Crippen molar-refractivity contribution in [1.82, 2.24) is 0 Å². The van der Waals surface area contributed by atoms with Crippen LogP contribution in [0.15, 0.2) is 90.3 Å². The fourth-order valence-electron chi connectivity index (χ4n) is 3.27. The minimum Gasteiger partial charge on any atom is -0.494 e. The molecule has 0 radical (unpaired) electrons. The molecule has 2 N–H and O–H groups in total. The molecule has 0 saturated carbocycles. The largest absolute Gasteiger partial charge is 0.494 e. The highest BCUT2D eigenvalue weighted by Gasteiger charge is 2.22. The summed E-state index contributed by atoms with van der Waals surface area (Å²) in [6.45, 7) is 2.49. The number of anilines is 2. The summed E-state index contributed by atoms with van der Waals surface area (Å²) in [7, 11) is 0. The Kier molecular flexibility index (Phi) is 6.63. The third kappa shape index (κ3) is 4.87. The zero-order chi connectivity index (χ0) is 22.3. The van der Waals surface area contributed by atoms with Crippen LogP contribution in [0.25, 0.3) is 11.1 Å². The van der Waals surface area contributed by atoms with Gasteiger partial charge in [0.25, 0.3) is 11.8 Å². The highest BCUT2D eigenvalue weighted by Crippen LogP contribution is 2.36. The SMILES string of the molecule is CCOc1ccc(NC(=O)c2c(-c3ccccc3)csc2NC(=O)c2ccccc2)cc1. The second-order valence-corrected chi connectivity index (χ2v) is 7.83. The number of carbonyl (C=O) groups excluding carboxylic acids is 2. The highest BCUT2D eigenvalue weighted by molar-refractivity contribution is 7.15. The Bertz CT molecular complexity index is 1200. The van der Waals surface area contributed by atoms with Crippen LogP contribution >= 0.6 is 11.3 Å². The van der Waals surface area contributed by atoms with E-state index in [0.717, 1.165) is 16.9 Å². The number of carbonyl (C=O) groups is 2. The number of thiophene rings is 1. The molecule has 4 aromatic rings. The Balaban J connectivity index is 1.65. The van der Waals surface area contributed by atoms with E-state index >= 15 is 0 Å². The van der Waals surface area contributed by atoms with Crippen molar-refractivity contribution >= 4 is 33.8 Å². The molecule has 5 nitrogen and oxygen atoms in total. The third-order valence-corrected chi connectivity index (χ3v) is 5.68. The van der Waals surface area contributed by atoms with Crippen molar-refractivity contribution in [2.45, 2.75) is 6.92 Å². The predicted molar refractivity (Wildman–Crippen MR) is 130 cm³/mol. The minimum atomic E-state index is -0.294. The summed E-state index contributed by atoms with van der Waals surface area (Å²) >= 11 is 1.33. The summed E-state index contributed by atoms with van der Waals surface area (Å²) < 4.78 is 5.46. The number of hydrogen-bond donors (Lipinski definition) is 2. The van der Waals surface area contributed by atoms with E-state index < -0.39 is 0 Å². The summed E-state index contributed by atoms with van der Waals surface area (Å²) in [5.41, 5.74) is 3.27. The van der Waals surface area contributed by atoms with E-state index in [1.54, 1.807) is 36.4 Å². The molecule has 1 aromatic heterocycles. The van der Waals surface area contributed by atoms with Crippen molar-refractivity contribution in [2.75, 3.05) is 17.2 Å². The normalized spacial score (nSPS) is 10.4. The molecule has 0 aliphatic carbocycles. The number of hydrogen-bond acceptors (Lipinski definition) is 4. The lowest BCUT2D eigenvalue weighted by Crippen LogP contribution is -2.17. The van der Waals surface area contributed by atoms with Crippen LogP contribution in [0.1, 0.15) is 27.6 Å². The molecule has 4 rings (SSSR count). The average molecular weight is 443 g/mol. The van der Waals surface area contributed by atoms with Crippen molar-refractivity contribution < 1.29 is 14.3 Å². The number of benzene rings is 3. The van der Waals surface area contributed by atoms with E-state index in [0.29, 0.717) is 28.4 Å². The average Bonchev–Trinajstić information content (AvgIpc) is 3.25. The summed E-state index contributed by atoms with van der Waals surface area (Å²) in [6, 6.07) is 25.8. The Hall–Kier alpha value is -3.90. The lowest BCUT2D eigenvalue weighted by molar-refractivity contribution is 0.102. The zero-order valence-electron chi connectivity index (χ0n) is 17.5. The molecule has 0 unspecified atom stereocenters. The van der Waals surface area contributed by atoms with Crippen LogP contribution in [-0.4, -0.2) is 18.4 Å².